The fourth-order valence-electron chi connectivity index (χ4n) is 4.28. The Morgan fingerprint density at radius 3 is 2.60 bits per heavy atom. The molecule has 4 rings (SSSR count). The van der Waals surface area contributed by atoms with Crippen LogP contribution in [0.1, 0.15) is 25.7 Å². The summed E-state index contributed by atoms with van der Waals surface area (Å²) in [6, 6.07) is 8.20. The molecule has 1 aliphatic rings. The molecular formula is C25H28ClFN4O4. The van der Waals surface area contributed by atoms with E-state index in [1.165, 1.54) is 25.6 Å². The van der Waals surface area contributed by atoms with E-state index in [9.17, 15) is 9.18 Å². The maximum atomic E-state index is 13.6. The van der Waals surface area contributed by atoms with E-state index in [0.29, 0.717) is 28.5 Å². The first-order chi connectivity index (χ1) is 16.9. The summed E-state index contributed by atoms with van der Waals surface area (Å²) in [7, 11) is 4.93. The van der Waals surface area contributed by atoms with Gasteiger partial charge in [-0.1, -0.05) is 11.6 Å². The summed E-state index contributed by atoms with van der Waals surface area (Å²) in [5.74, 6) is 1.18. The molecule has 0 spiro atoms. The van der Waals surface area contributed by atoms with Gasteiger partial charge in [0.15, 0.2) is 11.5 Å². The average Bonchev–Trinajstić information content (AvgIpc) is 2.86. The van der Waals surface area contributed by atoms with Crippen molar-refractivity contribution in [1.82, 2.24) is 14.9 Å². The molecule has 35 heavy (non-hydrogen) atoms. The molecule has 186 valence electrons. The molecule has 0 radical (unpaired) electrons. The molecule has 3 aromatic rings. The summed E-state index contributed by atoms with van der Waals surface area (Å²) < 4.78 is 30.4. The molecule has 1 aliphatic carbocycles. The van der Waals surface area contributed by atoms with E-state index >= 15 is 0 Å². The Labute approximate surface area is 208 Å². The van der Waals surface area contributed by atoms with Gasteiger partial charge < -0.3 is 24.4 Å². The Hall–Kier alpha value is -3.17. The van der Waals surface area contributed by atoms with Crippen molar-refractivity contribution in [3.05, 3.63) is 47.5 Å². The maximum absolute atomic E-state index is 13.6. The van der Waals surface area contributed by atoms with Gasteiger partial charge in [0.2, 0.25) is 5.91 Å². The highest BCUT2D eigenvalue weighted by molar-refractivity contribution is 6.31. The second-order valence-corrected chi connectivity index (χ2v) is 8.89. The zero-order valence-corrected chi connectivity index (χ0v) is 20.6. The predicted octanol–water partition coefficient (Wildman–Crippen LogP) is 4.97. The summed E-state index contributed by atoms with van der Waals surface area (Å²) in [6.45, 7) is 0.0871. The molecule has 8 nitrogen and oxygen atoms in total. The average molecular weight is 503 g/mol. The van der Waals surface area contributed by atoms with Gasteiger partial charge in [0.1, 0.15) is 24.6 Å². The van der Waals surface area contributed by atoms with Crippen LogP contribution in [-0.4, -0.2) is 60.8 Å². The number of anilines is 2. The third-order valence-corrected chi connectivity index (χ3v) is 6.54. The molecule has 0 unspecified atom stereocenters. The van der Waals surface area contributed by atoms with Gasteiger partial charge in [-0.3, -0.25) is 4.79 Å². The topological polar surface area (TPSA) is 85.8 Å². The van der Waals surface area contributed by atoms with Crippen LogP contribution in [0, 0.1) is 5.82 Å². The molecular weight excluding hydrogens is 475 g/mol. The second kappa shape index (κ2) is 11.0. The molecule has 10 heteroatoms. The lowest BCUT2D eigenvalue weighted by Gasteiger charge is -2.34. The summed E-state index contributed by atoms with van der Waals surface area (Å²) in [4.78, 5) is 22.6. The molecule has 0 bridgehead atoms. The van der Waals surface area contributed by atoms with Gasteiger partial charge in [0.05, 0.1) is 23.8 Å². The highest BCUT2D eigenvalue weighted by Gasteiger charge is 2.28. The number of halogens is 2. The molecule has 0 aliphatic heterocycles. The Balaban J connectivity index is 1.52. The molecule has 0 saturated heterocycles. The third-order valence-electron chi connectivity index (χ3n) is 6.25. The lowest BCUT2D eigenvalue weighted by Crippen LogP contribution is -2.42. The smallest absolute Gasteiger partial charge is 0.248 e. The molecule has 1 heterocycles. The molecule has 1 amide bonds. The number of ether oxygens (including phenoxy) is 3. The van der Waals surface area contributed by atoms with E-state index in [-0.39, 0.29) is 29.7 Å². The third kappa shape index (κ3) is 5.74. The molecule has 1 saturated carbocycles. The molecule has 1 fully saturated rings. The highest BCUT2D eigenvalue weighted by Crippen LogP contribution is 2.37. The summed E-state index contributed by atoms with van der Waals surface area (Å²) in [5, 5.41) is 3.92. The van der Waals surface area contributed by atoms with E-state index in [4.69, 9.17) is 25.8 Å². The van der Waals surface area contributed by atoms with Gasteiger partial charge in [-0.2, -0.15) is 0 Å². The molecule has 1 aromatic heterocycles. The van der Waals surface area contributed by atoms with Crippen LogP contribution in [0.15, 0.2) is 36.7 Å². The standard InChI is InChI=1S/C25H28ClFN4O4/c1-31(24(32)13-33-2)16-5-7-17(8-6-16)35-23-11-18-21(12-22(23)34-3)28-14-29-25(18)30-15-4-9-20(27)19(26)10-15/h4,9-12,14,16-17H,5-8,13H2,1-3H3,(H,28,29,30). The predicted molar refractivity (Wildman–Crippen MR) is 132 cm³/mol. The Kier molecular flexibility index (Phi) is 7.87. The van der Waals surface area contributed by atoms with E-state index in [2.05, 4.69) is 15.3 Å². The van der Waals surface area contributed by atoms with E-state index in [1.54, 1.807) is 24.1 Å². The number of carbonyl (C=O) groups is 1. The number of hydrogen-bond acceptors (Lipinski definition) is 7. The number of aromatic nitrogens is 2. The zero-order chi connectivity index (χ0) is 24.9. The van der Waals surface area contributed by atoms with Gasteiger partial charge >= 0.3 is 0 Å². The van der Waals surface area contributed by atoms with Crippen LogP contribution < -0.4 is 14.8 Å². The largest absolute Gasteiger partial charge is 0.493 e. The summed E-state index contributed by atoms with van der Waals surface area (Å²) in [5.41, 5.74) is 1.27. The molecule has 0 atom stereocenters. The number of amides is 1. The molecule has 2 aromatic carbocycles. The minimum atomic E-state index is -0.492. The van der Waals surface area contributed by atoms with Crippen LogP contribution in [-0.2, 0) is 9.53 Å². The van der Waals surface area contributed by atoms with Gasteiger partial charge in [0, 0.05) is 37.3 Å². The monoisotopic (exact) mass is 502 g/mol. The minimum Gasteiger partial charge on any atom is -0.493 e. The van der Waals surface area contributed by atoms with Crippen molar-refractivity contribution in [2.45, 2.75) is 37.8 Å². The number of carbonyl (C=O) groups excluding carboxylic acids is 1. The fraction of sp³-hybridized carbons (Fsp3) is 0.400. The lowest BCUT2D eigenvalue weighted by molar-refractivity contribution is -0.136. The highest BCUT2D eigenvalue weighted by atomic mass is 35.5. The van der Waals surface area contributed by atoms with E-state index in [0.717, 1.165) is 31.1 Å². The van der Waals surface area contributed by atoms with Crippen molar-refractivity contribution in [3.63, 3.8) is 0 Å². The van der Waals surface area contributed by atoms with Crippen LogP contribution in [0.4, 0.5) is 15.9 Å². The van der Waals surface area contributed by atoms with Crippen LogP contribution in [0.25, 0.3) is 10.9 Å². The van der Waals surface area contributed by atoms with E-state index in [1.807, 2.05) is 13.1 Å². The Morgan fingerprint density at radius 1 is 1.14 bits per heavy atom. The lowest BCUT2D eigenvalue weighted by atomic mass is 9.92. The second-order valence-electron chi connectivity index (χ2n) is 8.48. The van der Waals surface area contributed by atoms with Gasteiger partial charge in [-0.05, 0) is 49.9 Å². The number of hydrogen-bond donors (Lipinski definition) is 1. The Bertz CT molecular complexity index is 1200. The first-order valence-electron chi connectivity index (χ1n) is 11.4. The van der Waals surface area contributed by atoms with Gasteiger partial charge in [0.25, 0.3) is 0 Å². The van der Waals surface area contributed by atoms with Gasteiger partial charge in [-0.25, -0.2) is 14.4 Å². The van der Waals surface area contributed by atoms with Crippen LogP contribution >= 0.6 is 11.6 Å². The van der Waals surface area contributed by atoms with Crippen molar-refractivity contribution in [1.29, 1.82) is 0 Å². The first-order valence-corrected chi connectivity index (χ1v) is 11.7. The van der Waals surface area contributed by atoms with E-state index < -0.39 is 5.82 Å². The first kappa shape index (κ1) is 24.9. The van der Waals surface area contributed by atoms with Crippen molar-refractivity contribution in [3.8, 4) is 11.5 Å². The number of nitrogens with zero attached hydrogens (tertiary/aromatic N) is 3. The number of nitrogens with one attached hydrogen (secondary N) is 1. The van der Waals surface area contributed by atoms with Crippen LogP contribution in [0.3, 0.4) is 0 Å². The van der Waals surface area contributed by atoms with Crippen molar-refractivity contribution >= 4 is 39.9 Å². The normalized spacial score (nSPS) is 17.7. The number of methoxy groups -OCH3 is 2. The zero-order valence-electron chi connectivity index (χ0n) is 19.9. The van der Waals surface area contributed by atoms with Gasteiger partial charge in [-0.15, -0.1) is 0 Å². The number of rotatable bonds is 8. The maximum Gasteiger partial charge on any atom is 0.248 e. The van der Waals surface area contributed by atoms with Crippen molar-refractivity contribution < 1.29 is 23.4 Å². The summed E-state index contributed by atoms with van der Waals surface area (Å²) in [6.07, 6.45) is 4.72. The summed E-state index contributed by atoms with van der Waals surface area (Å²) >= 11 is 5.92. The quantitative estimate of drug-likeness (QED) is 0.465. The SMILES string of the molecule is COCC(=O)N(C)C1CCC(Oc2cc3c(Nc4ccc(F)c(Cl)c4)ncnc3cc2OC)CC1. The van der Waals surface area contributed by atoms with Crippen LogP contribution in [0.2, 0.25) is 5.02 Å². The van der Waals surface area contributed by atoms with Crippen molar-refractivity contribution in [2.75, 3.05) is 33.2 Å². The number of benzene rings is 2. The minimum absolute atomic E-state index is 0.0135. The Morgan fingerprint density at radius 2 is 1.91 bits per heavy atom. The fourth-order valence-corrected chi connectivity index (χ4v) is 4.47. The molecule has 1 N–H and O–H groups in total. The van der Waals surface area contributed by atoms with Crippen molar-refractivity contribution in [2.24, 2.45) is 0 Å². The number of fused-ring (bicyclic) bond motifs is 1. The van der Waals surface area contributed by atoms with Crippen LogP contribution in [0.5, 0.6) is 11.5 Å². The number of likely N-dealkylation sites (N-methyl/N-ethyl adjacent to an activating group) is 1.